The van der Waals surface area contributed by atoms with Crippen molar-refractivity contribution < 1.29 is 23.0 Å². The van der Waals surface area contributed by atoms with Gasteiger partial charge in [-0.05, 0) is 35.8 Å². The SMILES string of the molecule is CC(C)CC(=O)OC(C(=Cc1cccnc1)Oc1ccc(F)cc1F)C(C)(C)C. The maximum atomic E-state index is 14.2. The number of benzene rings is 1. The van der Waals surface area contributed by atoms with Gasteiger partial charge < -0.3 is 9.47 Å². The van der Waals surface area contributed by atoms with Crippen LogP contribution in [0.5, 0.6) is 5.75 Å². The fraction of sp³-hybridized carbons (Fsp3) is 0.391. The maximum Gasteiger partial charge on any atom is 0.306 e. The first-order valence-electron chi connectivity index (χ1n) is 9.50. The predicted molar refractivity (Wildman–Crippen MR) is 108 cm³/mol. The molecular formula is C23H27F2NO3. The largest absolute Gasteiger partial charge is 0.455 e. The smallest absolute Gasteiger partial charge is 0.306 e. The van der Waals surface area contributed by atoms with Crippen LogP contribution >= 0.6 is 0 Å². The first-order chi connectivity index (χ1) is 13.6. The Morgan fingerprint density at radius 3 is 2.48 bits per heavy atom. The van der Waals surface area contributed by atoms with Gasteiger partial charge >= 0.3 is 5.97 Å². The number of halogens is 2. The van der Waals surface area contributed by atoms with E-state index in [9.17, 15) is 13.6 Å². The maximum absolute atomic E-state index is 14.2. The number of hydrogen-bond donors (Lipinski definition) is 0. The Hall–Kier alpha value is -2.76. The highest BCUT2D eigenvalue weighted by atomic mass is 19.1. The number of esters is 1. The molecule has 0 aliphatic carbocycles. The fourth-order valence-corrected chi connectivity index (χ4v) is 2.64. The van der Waals surface area contributed by atoms with E-state index in [0.717, 1.165) is 12.1 Å². The van der Waals surface area contributed by atoms with E-state index in [4.69, 9.17) is 9.47 Å². The summed E-state index contributed by atoms with van der Waals surface area (Å²) >= 11 is 0. The number of pyridine rings is 1. The minimum atomic E-state index is -0.844. The normalized spacial score (nSPS) is 13.3. The van der Waals surface area contributed by atoms with E-state index < -0.39 is 23.2 Å². The quantitative estimate of drug-likeness (QED) is 0.434. The Balaban J connectivity index is 2.47. The molecule has 0 amide bonds. The molecule has 1 heterocycles. The lowest BCUT2D eigenvalue weighted by Gasteiger charge is -2.32. The van der Waals surface area contributed by atoms with Crippen molar-refractivity contribution in [2.45, 2.75) is 47.1 Å². The van der Waals surface area contributed by atoms with Gasteiger partial charge in [-0.3, -0.25) is 9.78 Å². The number of hydrogen-bond acceptors (Lipinski definition) is 4. The van der Waals surface area contributed by atoms with Crippen LogP contribution in [-0.2, 0) is 9.53 Å². The average Bonchev–Trinajstić information content (AvgIpc) is 2.61. The molecule has 2 aromatic rings. The number of carbonyl (C=O) groups is 1. The molecule has 156 valence electrons. The van der Waals surface area contributed by atoms with Crippen molar-refractivity contribution in [2.75, 3.05) is 0 Å². The minimum absolute atomic E-state index is 0.129. The van der Waals surface area contributed by atoms with Gasteiger partial charge in [0.25, 0.3) is 0 Å². The van der Waals surface area contributed by atoms with Crippen LogP contribution in [0.15, 0.2) is 48.5 Å². The highest BCUT2D eigenvalue weighted by Crippen LogP contribution is 2.32. The van der Waals surface area contributed by atoms with Crippen molar-refractivity contribution in [3.63, 3.8) is 0 Å². The van der Waals surface area contributed by atoms with Gasteiger partial charge in [0.05, 0.1) is 0 Å². The number of ether oxygens (including phenoxy) is 2. The lowest BCUT2D eigenvalue weighted by molar-refractivity contribution is -0.154. The predicted octanol–water partition coefficient (Wildman–Crippen LogP) is 5.78. The Morgan fingerprint density at radius 2 is 1.93 bits per heavy atom. The molecule has 0 radical (unpaired) electrons. The molecule has 2 rings (SSSR count). The lowest BCUT2D eigenvalue weighted by atomic mass is 9.87. The summed E-state index contributed by atoms with van der Waals surface area (Å²) in [5.74, 6) is -1.72. The van der Waals surface area contributed by atoms with E-state index in [1.54, 1.807) is 30.6 Å². The molecule has 0 aliphatic heterocycles. The molecule has 1 aromatic heterocycles. The van der Waals surface area contributed by atoms with Gasteiger partial charge in [-0.1, -0.05) is 40.7 Å². The average molecular weight is 403 g/mol. The Morgan fingerprint density at radius 1 is 1.21 bits per heavy atom. The van der Waals surface area contributed by atoms with Crippen molar-refractivity contribution in [1.29, 1.82) is 0 Å². The third-order valence-electron chi connectivity index (χ3n) is 3.98. The van der Waals surface area contributed by atoms with Crippen LogP contribution in [0, 0.1) is 23.0 Å². The zero-order valence-electron chi connectivity index (χ0n) is 17.4. The Kier molecular flexibility index (Phi) is 7.48. The summed E-state index contributed by atoms with van der Waals surface area (Å²) in [6.07, 6.45) is 4.34. The Bertz CT molecular complexity index is 858. The number of aromatic nitrogens is 1. The third-order valence-corrected chi connectivity index (χ3v) is 3.98. The summed E-state index contributed by atoms with van der Waals surface area (Å²) in [7, 11) is 0. The van der Waals surface area contributed by atoms with Crippen LogP contribution in [0.4, 0.5) is 8.78 Å². The van der Waals surface area contributed by atoms with Gasteiger partial charge in [-0.2, -0.15) is 0 Å². The van der Waals surface area contributed by atoms with Crippen LogP contribution in [-0.4, -0.2) is 17.1 Å². The number of carbonyl (C=O) groups excluding carboxylic acids is 1. The molecule has 0 N–H and O–H groups in total. The first-order valence-corrected chi connectivity index (χ1v) is 9.50. The second-order valence-electron chi connectivity index (χ2n) is 8.34. The highest BCUT2D eigenvalue weighted by Gasteiger charge is 2.34. The molecule has 1 atom stereocenters. The van der Waals surface area contributed by atoms with E-state index in [-0.39, 0.29) is 29.8 Å². The van der Waals surface area contributed by atoms with Crippen molar-refractivity contribution in [1.82, 2.24) is 4.98 Å². The van der Waals surface area contributed by atoms with E-state index in [1.165, 1.54) is 6.07 Å². The standard InChI is InChI=1S/C23H27F2NO3/c1-15(2)11-21(27)29-22(23(3,4)5)20(12-16-7-6-10-26-14-16)28-19-9-8-17(24)13-18(19)25/h6-10,12-15,22H,11H2,1-5H3. The van der Waals surface area contributed by atoms with E-state index in [1.807, 2.05) is 34.6 Å². The zero-order chi connectivity index (χ0) is 21.6. The van der Waals surface area contributed by atoms with Crippen LogP contribution in [0.1, 0.15) is 46.6 Å². The van der Waals surface area contributed by atoms with Gasteiger partial charge in [-0.25, -0.2) is 8.78 Å². The molecule has 0 saturated heterocycles. The molecule has 4 nitrogen and oxygen atoms in total. The van der Waals surface area contributed by atoms with E-state index in [0.29, 0.717) is 5.56 Å². The van der Waals surface area contributed by atoms with Crippen LogP contribution in [0.3, 0.4) is 0 Å². The van der Waals surface area contributed by atoms with Gasteiger partial charge in [0.15, 0.2) is 17.7 Å². The van der Waals surface area contributed by atoms with Gasteiger partial charge in [0, 0.05) is 30.3 Å². The molecule has 0 fully saturated rings. The fourth-order valence-electron chi connectivity index (χ4n) is 2.64. The zero-order valence-corrected chi connectivity index (χ0v) is 17.4. The topological polar surface area (TPSA) is 48.4 Å². The molecule has 0 aliphatic rings. The van der Waals surface area contributed by atoms with Crippen LogP contribution < -0.4 is 4.74 Å². The second kappa shape index (κ2) is 9.63. The molecule has 29 heavy (non-hydrogen) atoms. The van der Waals surface area contributed by atoms with Crippen LogP contribution in [0.25, 0.3) is 6.08 Å². The van der Waals surface area contributed by atoms with Crippen molar-refractivity contribution in [2.24, 2.45) is 11.3 Å². The van der Waals surface area contributed by atoms with Gasteiger partial charge in [-0.15, -0.1) is 0 Å². The summed E-state index contributed by atoms with van der Waals surface area (Å²) < 4.78 is 39.1. The van der Waals surface area contributed by atoms with Gasteiger partial charge in [0.1, 0.15) is 11.6 Å². The third kappa shape index (κ3) is 6.97. The molecule has 0 bridgehead atoms. The molecule has 1 unspecified atom stereocenters. The van der Waals surface area contributed by atoms with Gasteiger partial charge in [0.2, 0.25) is 0 Å². The molecule has 0 spiro atoms. The van der Waals surface area contributed by atoms with Crippen molar-refractivity contribution in [3.8, 4) is 5.75 Å². The van der Waals surface area contributed by atoms with E-state index in [2.05, 4.69) is 4.98 Å². The first kappa shape index (κ1) is 22.5. The second-order valence-corrected chi connectivity index (χ2v) is 8.34. The summed E-state index contributed by atoms with van der Waals surface area (Å²) in [5.41, 5.74) is 0.149. The summed E-state index contributed by atoms with van der Waals surface area (Å²) in [6.45, 7) is 9.51. The van der Waals surface area contributed by atoms with Crippen molar-refractivity contribution >= 4 is 12.0 Å². The molecule has 6 heteroatoms. The lowest BCUT2D eigenvalue weighted by Crippen LogP contribution is -2.35. The highest BCUT2D eigenvalue weighted by molar-refractivity contribution is 5.70. The van der Waals surface area contributed by atoms with Crippen LogP contribution in [0.2, 0.25) is 0 Å². The molecule has 0 saturated carbocycles. The van der Waals surface area contributed by atoms with Crippen molar-refractivity contribution in [3.05, 3.63) is 65.7 Å². The monoisotopic (exact) mass is 403 g/mol. The summed E-state index contributed by atoms with van der Waals surface area (Å²) in [6, 6.07) is 6.61. The molecule has 1 aromatic carbocycles. The molecular weight excluding hydrogens is 376 g/mol. The minimum Gasteiger partial charge on any atom is -0.455 e. The Labute approximate surface area is 170 Å². The summed E-state index contributed by atoms with van der Waals surface area (Å²) in [4.78, 5) is 16.5. The number of nitrogens with zero attached hydrogens (tertiary/aromatic N) is 1. The van der Waals surface area contributed by atoms with E-state index >= 15 is 0 Å². The number of rotatable bonds is 7. The summed E-state index contributed by atoms with van der Waals surface area (Å²) in [5, 5.41) is 0.